The number of aryl methyl sites for hydroxylation is 1. The van der Waals surface area contributed by atoms with Gasteiger partial charge in [-0.3, -0.25) is 0 Å². The van der Waals surface area contributed by atoms with Crippen LogP contribution in [0, 0.1) is 6.92 Å². The number of para-hydroxylation sites is 1. The van der Waals surface area contributed by atoms with Gasteiger partial charge >= 0.3 is 6.03 Å². The van der Waals surface area contributed by atoms with Crippen molar-refractivity contribution >= 4 is 17.4 Å². The zero-order valence-corrected chi connectivity index (χ0v) is 16.7. The Bertz CT molecular complexity index is 796. The molecular weight excluding hydrogens is 338 g/mol. The molecule has 144 valence electrons. The summed E-state index contributed by atoms with van der Waals surface area (Å²) >= 11 is 0. The minimum absolute atomic E-state index is 0.0171. The van der Waals surface area contributed by atoms with Crippen LogP contribution in [-0.4, -0.2) is 44.2 Å². The number of benzene rings is 2. The molecule has 0 radical (unpaired) electrons. The fraction of sp³-hybridized carbons (Fsp3) is 0.409. The van der Waals surface area contributed by atoms with Crippen LogP contribution in [0.5, 0.6) is 5.75 Å². The average molecular weight is 367 g/mol. The number of carbonyl (C=O) groups is 1. The number of amides is 2. The highest BCUT2D eigenvalue weighted by molar-refractivity contribution is 5.91. The summed E-state index contributed by atoms with van der Waals surface area (Å²) < 4.78 is 5.31. The number of rotatable bonds is 4. The molecule has 0 aliphatic carbocycles. The first-order chi connectivity index (χ1) is 13.0. The second-order valence-electron chi connectivity index (χ2n) is 7.30. The number of hydrogen-bond donors (Lipinski definition) is 1. The van der Waals surface area contributed by atoms with Crippen LogP contribution in [0.4, 0.5) is 16.2 Å². The van der Waals surface area contributed by atoms with E-state index in [0.717, 1.165) is 35.8 Å². The van der Waals surface area contributed by atoms with Crippen LogP contribution in [0.2, 0.25) is 0 Å². The summed E-state index contributed by atoms with van der Waals surface area (Å²) in [6.45, 7) is 9.37. The highest BCUT2D eigenvalue weighted by Gasteiger charge is 2.23. The zero-order valence-electron chi connectivity index (χ0n) is 16.7. The van der Waals surface area contributed by atoms with Crippen molar-refractivity contribution in [2.24, 2.45) is 0 Å². The van der Waals surface area contributed by atoms with Crippen LogP contribution >= 0.6 is 0 Å². The molecule has 27 heavy (non-hydrogen) atoms. The average Bonchev–Trinajstić information content (AvgIpc) is 2.69. The first kappa shape index (κ1) is 19.1. The molecule has 0 atom stereocenters. The highest BCUT2D eigenvalue weighted by Crippen LogP contribution is 2.28. The van der Waals surface area contributed by atoms with Gasteiger partial charge in [-0.1, -0.05) is 38.1 Å². The lowest BCUT2D eigenvalue weighted by Gasteiger charge is -2.36. The number of methoxy groups -OCH3 is 1. The summed E-state index contributed by atoms with van der Waals surface area (Å²) in [5.74, 6) is 1.22. The van der Waals surface area contributed by atoms with Gasteiger partial charge in [-0.25, -0.2) is 4.79 Å². The van der Waals surface area contributed by atoms with E-state index in [1.807, 2.05) is 42.2 Å². The number of nitrogens with zero attached hydrogens (tertiary/aromatic N) is 2. The topological polar surface area (TPSA) is 44.8 Å². The summed E-state index contributed by atoms with van der Waals surface area (Å²) in [6, 6.07) is 14.2. The van der Waals surface area contributed by atoms with Crippen LogP contribution in [-0.2, 0) is 0 Å². The quantitative estimate of drug-likeness (QED) is 0.866. The molecule has 0 saturated carbocycles. The summed E-state index contributed by atoms with van der Waals surface area (Å²) in [4.78, 5) is 17.0. The van der Waals surface area contributed by atoms with E-state index in [4.69, 9.17) is 4.74 Å². The Balaban J connectivity index is 1.64. The van der Waals surface area contributed by atoms with Crippen LogP contribution in [0.3, 0.4) is 0 Å². The monoisotopic (exact) mass is 367 g/mol. The normalized spacial score (nSPS) is 14.4. The minimum Gasteiger partial charge on any atom is -0.497 e. The van der Waals surface area contributed by atoms with E-state index in [2.05, 4.69) is 36.2 Å². The third kappa shape index (κ3) is 4.35. The smallest absolute Gasteiger partial charge is 0.321 e. The van der Waals surface area contributed by atoms with Crippen molar-refractivity contribution in [3.8, 4) is 5.75 Å². The fourth-order valence-corrected chi connectivity index (χ4v) is 3.50. The van der Waals surface area contributed by atoms with Gasteiger partial charge in [-0.05, 0) is 36.1 Å². The molecule has 1 aliphatic rings. The molecule has 5 heteroatoms. The van der Waals surface area contributed by atoms with Gasteiger partial charge in [0.05, 0.1) is 7.11 Å². The third-order valence-electron chi connectivity index (χ3n) is 5.14. The Morgan fingerprint density at radius 3 is 2.44 bits per heavy atom. The minimum atomic E-state index is -0.0171. The lowest BCUT2D eigenvalue weighted by molar-refractivity contribution is 0.208. The van der Waals surface area contributed by atoms with Gasteiger partial charge in [-0.15, -0.1) is 0 Å². The zero-order chi connectivity index (χ0) is 19.4. The van der Waals surface area contributed by atoms with Crippen molar-refractivity contribution < 1.29 is 9.53 Å². The molecule has 3 rings (SSSR count). The van der Waals surface area contributed by atoms with Crippen LogP contribution in [0.25, 0.3) is 0 Å². The van der Waals surface area contributed by atoms with Gasteiger partial charge in [-0.2, -0.15) is 0 Å². The Labute approximate surface area is 161 Å². The lowest BCUT2D eigenvalue weighted by atomic mass is 9.98. The number of piperazine rings is 1. The molecule has 0 aromatic heterocycles. The third-order valence-corrected chi connectivity index (χ3v) is 5.14. The van der Waals surface area contributed by atoms with Crippen molar-refractivity contribution in [2.45, 2.75) is 26.7 Å². The van der Waals surface area contributed by atoms with E-state index in [1.165, 1.54) is 5.56 Å². The van der Waals surface area contributed by atoms with E-state index in [0.29, 0.717) is 19.0 Å². The van der Waals surface area contributed by atoms with Crippen LogP contribution in [0.15, 0.2) is 42.5 Å². The maximum absolute atomic E-state index is 12.8. The number of hydrogen-bond acceptors (Lipinski definition) is 3. The van der Waals surface area contributed by atoms with Crippen LogP contribution < -0.4 is 15.0 Å². The summed E-state index contributed by atoms with van der Waals surface area (Å²) in [5, 5.41) is 3.15. The molecule has 1 fully saturated rings. The molecule has 0 unspecified atom stereocenters. The van der Waals surface area contributed by atoms with E-state index < -0.39 is 0 Å². The summed E-state index contributed by atoms with van der Waals surface area (Å²) in [7, 11) is 1.68. The molecule has 2 amide bonds. The Hall–Kier alpha value is -2.69. The summed E-state index contributed by atoms with van der Waals surface area (Å²) in [6.07, 6.45) is 0. The largest absolute Gasteiger partial charge is 0.497 e. The first-order valence-electron chi connectivity index (χ1n) is 9.54. The van der Waals surface area contributed by atoms with Gasteiger partial charge in [0.15, 0.2) is 0 Å². The second-order valence-corrected chi connectivity index (χ2v) is 7.30. The van der Waals surface area contributed by atoms with Crippen molar-refractivity contribution in [2.75, 3.05) is 43.5 Å². The standard InChI is InChI=1S/C22H29N3O2/c1-16(2)20-10-5-7-17(3)21(20)23-22(26)25-13-11-24(12-14-25)18-8-6-9-19(15-18)27-4/h5-10,15-16H,11-14H2,1-4H3,(H,23,26). The highest BCUT2D eigenvalue weighted by atomic mass is 16.5. The SMILES string of the molecule is COc1cccc(N2CCN(C(=O)Nc3c(C)cccc3C(C)C)CC2)c1. The van der Waals surface area contributed by atoms with Crippen molar-refractivity contribution in [1.82, 2.24) is 4.90 Å². The predicted molar refractivity (Wildman–Crippen MR) is 111 cm³/mol. The van der Waals surface area contributed by atoms with Gasteiger partial charge in [0.1, 0.15) is 5.75 Å². The lowest BCUT2D eigenvalue weighted by Crippen LogP contribution is -2.50. The number of nitrogens with one attached hydrogen (secondary N) is 1. The number of anilines is 2. The molecule has 0 spiro atoms. The number of carbonyl (C=O) groups excluding carboxylic acids is 1. The first-order valence-corrected chi connectivity index (χ1v) is 9.54. The molecule has 2 aromatic carbocycles. The summed E-state index contributed by atoms with van der Waals surface area (Å²) in [5.41, 5.74) is 4.37. The molecule has 5 nitrogen and oxygen atoms in total. The Morgan fingerprint density at radius 2 is 1.78 bits per heavy atom. The van der Waals surface area contributed by atoms with E-state index in [-0.39, 0.29) is 6.03 Å². The Kier molecular flexibility index (Phi) is 5.89. The predicted octanol–water partition coefficient (Wildman–Crippen LogP) is 4.48. The molecule has 2 aromatic rings. The van der Waals surface area contributed by atoms with Gasteiger partial charge in [0.2, 0.25) is 0 Å². The van der Waals surface area contributed by atoms with Crippen molar-refractivity contribution in [3.63, 3.8) is 0 Å². The van der Waals surface area contributed by atoms with Crippen molar-refractivity contribution in [1.29, 1.82) is 0 Å². The van der Waals surface area contributed by atoms with E-state index >= 15 is 0 Å². The van der Waals surface area contributed by atoms with E-state index in [1.54, 1.807) is 7.11 Å². The maximum Gasteiger partial charge on any atom is 0.321 e. The van der Waals surface area contributed by atoms with Gasteiger partial charge in [0, 0.05) is 43.6 Å². The van der Waals surface area contributed by atoms with Gasteiger partial charge < -0.3 is 19.9 Å². The molecule has 1 aliphatic heterocycles. The molecule has 1 heterocycles. The fourth-order valence-electron chi connectivity index (χ4n) is 3.50. The maximum atomic E-state index is 12.8. The van der Waals surface area contributed by atoms with E-state index in [9.17, 15) is 4.79 Å². The number of urea groups is 1. The van der Waals surface area contributed by atoms with Gasteiger partial charge in [0.25, 0.3) is 0 Å². The molecule has 0 bridgehead atoms. The van der Waals surface area contributed by atoms with Crippen LogP contribution in [0.1, 0.15) is 30.9 Å². The van der Waals surface area contributed by atoms with Crippen molar-refractivity contribution in [3.05, 3.63) is 53.6 Å². The Morgan fingerprint density at radius 1 is 1.07 bits per heavy atom. The molecule has 1 saturated heterocycles. The number of ether oxygens (including phenoxy) is 1. The second kappa shape index (κ2) is 8.33. The molecular formula is C22H29N3O2. The molecule has 1 N–H and O–H groups in total.